The zero-order valence-corrected chi connectivity index (χ0v) is 19.7. The highest BCUT2D eigenvalue weighted by Crippen LogP contribution is 2.36. The summed E-state index contributed by atoms with van der Waals surface area (Å²) < 4.78 is 6.15. The van der Waals surface area contributed by atoms with Crippen molar-refractivity contribution in [2.75, 3.05) is 32.8 Å². The van der Waals surface area contributed by atoms with Crippen molar-refractivity contribution < 1.29 is 14.3 Å². The summed E-state index contributed by atoms with van der Waals surface area (Å²) in [7, 11) is 0. The van der Waals surface area contributed by atoms with Crippen LogP contribution in [0.25, 0.3) is 0 Å². The van der Waals surface area contributed by atoms with Gasteiger partial charge in [-0.3, -0.25) is 9.59 Å². The van der Waals surface area contributed by atoms with Crippen LogP contribution in [0.3, 0.4) is 0 Å². The summed E-state index contributed by atoms with van der Waals surface area (Å²) in [5.74, 6) is 1.18. The molecule has 31 heavy (non-hydrogen) atoms. The van der Waals surface area contributed by atoms with Crippen LogP contribution >= 0.6 is 11.6 Å². The fraction of sp³-hybridized carbons (Fsp3) is 0.680. The third-order valence-corrected chi connectivity index (χ3v) is 6.85. The molecule has 1 aromatic rings. The van der Waals surface area contributed by atoms with Gasteiger partial charge in [0, 0.05) is 49.5 Å². The molecule has 1 aromatic carbocycles. The maximum atomic E-state index is 13.2. The Morgan fingerprint density at radius 1 is 0.968 bits per heavy atom. The summed E-state index contributed by atoms with van der Waals surface area (Å²) in [5, 5.41) is 0.670. The van der Waals surface area contributed by atoms with Crippen molar-refractivity contribution in [3.8, 4) is 5.75 Å². The molecule has 2 saturated heterocycles. The Balaban J connectivity index is 1.69. The second-order valence-electron chi connectivity index (χ2n) is 9.24. The molecule has 0 N–H and O–H groups in total. The van der Waals surface area contributed by atoms with Crippen LogP contribution in [0.15, 0.2) is 24.3 Å². The third kappa shape index (κ3) is 7.13. The van der Waals surface area contributed by atoms with Crippen LogP contribution in [0, 0.1) is 5.41 Å². The van der Waals surface area contributed by atoms with Gasteiger partial charge in [-0.15, -0.1) is 0 Å². The monoisotopic (exact) mass is 448 g/mol. The molecule has 0 aliphatic carbocycles. The van der Waals surface area contributed by atoms with Gasteiger partial charge < -0.3 is 14.5 Å². The van der Waals surface area contributed by atoms with Crippen LogP contribution in [0.1, 0.15) is 71.1 Å². The van der Waals surface area contributed by atoms with Gasteiger partial charge in [0.15, 0.2) is 0 Å². The van der Waals surface area contributed by atoms with Gasteiger partial charge >= 0.3 is 0 Å². The summed E-state index contributed by atoms with van der Waals surface area (Å²) in [6, 6.07) is 7.34. The highest BCUT2D eigenvalue weighted by molar-refractivity contribution is 6.30. The first kappa shape index (κ1) is 23.9. The van der Waals surface area contributed by atoms with Gasteiger partial charge in [0.2, 0.25) is 11.8 Å². The summed E-state index contributed by atoms with van der Waals surface area (Å²) in [5.41, 5.74) is -0.340. The first-order valence-corrected chi connectivity index (χ1v) is 12.3. The van der Waals surface area contributed by atoms with E-state index >= 15 is 0 Å². The van der Waals surface area contributed by atoms with Crippen LogP contribution in [-0.4, -0.2) is 54.4 Å². The van der Waals surface area contributed by atoms with E-state index in [2.05, 4.69) is 6.92 Å². The molecule has 0 aromatic heterocycles. The lowest BCUT2D eigenvalue weighted by Gasteiger charge is -2.43. The topological polar surface area (TPSA) is 49.9 Å². The van der Waals surface area contributed by atoms with E-state index in [0.717, 1.165) is 70.3 Å². The van der Waals surface area contributed by atoms with E-state index in [1.54, 1.807) is 0 Å². The number of likely N-dealkylation sites (tertiary alicyclic amines) is 2. The first-order valence-electron chi connectivity index (χ1n) is 12.0. The molecule has 0 saturated carbocycles. The van der Waals surface area contributed by atoms with Crippen LogP contribution < -0.4 is 4.74 Å². The molecular weight excluding hydrogens is 412 g/mol. The van der Waals surface area contributed by atoms with Gasteiger partial charge in [-0.05, 0) is 62.8 Å². The fourth-order valence-electron chi connectivity index (χ4n) is 4.76. The second-order valence-corrected chi connectivity index (χ2v) is 9.67. The van der Waals surface area contributed by atoms with E-state index in [1.807, 2.05) is 34.1 Å². The largest absolute Gasteiger partial charge is 0.493 e. The Labute approximate surface area is 192 Å². The molecule has 0 unspecified atom stereocenters. The Bertz CT molecular complexity index is 718. The van der Waals surface area contributed by atoms with Crippen molar-refractivity contribution in [3.05, 3.63) is 29.3 Å². The number of nitrogens with zero attached hydrogens (tertiary/aromatic N) is 2. The molecule has 0 radical (unpaired) electrons. The SMILES string of the molecule is CCCCCC(=O)N1CCC[C@@](COc2ccc(Cl)cc2)(CC(=O)N2CCCCC2)C1. The number of halogens is 1. The van der Waals surface area contributed by atoms with E-state index in [1.165, 1.54) is 6.42 Å². The number of benzene rings is 1. The van der Waals surface area contributed by atoms with Crippen LogP contribution in [0.2, 0.25) is 5.02 Å². The number of hydrogen-bond acceptors (Lipinski definition) is 3. The molecule has 2 amide bonds. The van der Waals surface area contributed by atoms with E-state index in [-0.39, 0.29) is 17.2 Å². The Kier molecular flexibility index (Phi) is 9.06. The zero-order chi connectivity index (χ0) is 22.1. The molecule has 2 fully saturated rings. The average molecular weight is 449 g/mol. The number of unbranched alkanes of at least 4 members (excludes halogenated alkanes) is 2. The van der Waals surface area contributed by atoms with E-state index in [0.29, 0.717) is 31.0 Å². The predicted molar refractivity (Wildman–Crippen MR) is 124 cm³/mol. The normalized spacial score (nSPS) is 21.7. The molecule has 0 bridgehead atoms. The average Bonchev–Trinajstić information content (AvgIpc) is 2.79. The lowest BCUT2D eigenvalue weighted by atomic mass is 9.77. The lowest BCUT2D eigenvalue weighted by molar-refractivity contribution is -0.142. The van der Waals surface area contributed by atoms with E-state index in [9.17, 15) is 9.59 Å². The summed E-state index contributed by atoms with van der Waals surface area (Å²) >= 11 is 6.00. The van der Waals surface area contributed by atoms with Gasteiger partial charge in [-0.2, -0.15) is 0 Å². The van der Waals surface area contributed by atoms with Crippen molar-refractivity contribution in [1.29, 1.82) is 0 Å². The summed E-state index contributed by atoms with van der Waals surface area (Å²) in [4.78, 5) is 30.0. The Morgan fingerprint density at radius 3 is 2.39 bits per heavy atom. The van der Waals surface area contributed by atoms with E-state index in [4.69, 9.17) is 16.3 Å². The van der Waals surface area contributed by atoms with Gasteiger partial charge in [-0.1, -0.05) is 31.4 Å². The van der Waals surface area contributed by atoms with Crippen molar-refractivity contribution in [2.24, 2.45) is 5.41 Å². The minimum absolute atomic E-state index is 0.208. The van der Waals surface area contributed by atoms with E-state index < -0.39 is 0 Å². The highest BCUT2D eigenvalue weighted by atomic mass is 35.5. The molecule has 172 valence electrons. The number of rotatable bonds is 9. The Morgan fingerprint density at radius 2 is 1.68 bits per heavy atom. The number of ether oxygens (including phenoxy) is 1. The van der Waals surface area contributed by atoms with Gasteiger partial charge in [-0.25, -0.2) is 0 Å². The van der Waals surface area contributed by atoms with Crippen molar-refractivity contribution in [2.45, 2.75) is 71.1 Å². The van der Waals surface area contributed by atoms with Crippen molar-refractivity contribution in [1.82, 2.24) is 9.80 Å². The maximum Gasteiger partial charge on any atom is 0.223 e. The number of amides is 2. The minimum Gasteiger partial charge on any atom is -0.493 e. The fourth-order valence-corrected chi connectivity index (χ4v) is 4.89. The summed E-state index contributed by atoms with van der Waals surface area (Å²) in [6.45, 7) is 5.68. The molecule has 2 heterocycles. The van der Waals surface area contributed by atoms with Crippen molar-refractivity contribution in [3.63, 3.8) is 0 Å². The number of carbonyl (C=O) groups excluding carboxylic acids is 2. The molecule has 5 nitrogen and oxygen atoms in total. The molecule has 2 aliphatic heterocycles. The Hall–Kier alpha value is -1.75. The quantitative estimate of drug-likeness (QED) is 0.481. The number of piperidine rings is 2. The van der Waals surface area contributed by atoms with Gasteiger partial charge in [0.25, 0.3) is 0 Å². The number of carbonyl (C=O) groups is 2. The molecule has 6 heteroatoms. The molecule has 3 rings (SSSR count). The number of hydrogen-bond donors (Lipinski definition) is 0. The first-order chi connectivity index (χ1) is 15.0. The van der Waals surface area contributed by atoms with Gasteiger partial charge in [0.05, 0.1) is 6.61 Å². The van der Waals surface area contributed by atoms with Gasteiger partial charge in [0.1, 0.15) is 5.75 Å². The van der Waals surface area contributed by atoms with Crippen LogP contribution in [0.5, 0.6) is 5.75 Å². The standard InChI is InChI=1S/C25H37ClN2O3/c1-2-3-5-9-23(29)28-17-8-14-25(19-28,18-24(30)27-15-6-4-7-16-27)20-31-22-12-10-21(26)11-13-22/h10-13H,2-9,14-20H2,1H3/t25-/m1/s1. The van der Waals surface area contributed by atoms with Crippen molar-refractivity contribution >= 4 is 23.4 Å². The molecular formula is C25H37ClN2O3. The van der Waals surface area contributed by atoms with Crippen LogP contribution in [-0.2, 0) is 9.59 Å². The lowest BCUT2D eigenvalue weighted by Crippen LogP contribution is -2.51. The third-order valence-electron chi connectivity index (χ3n) is 6.60. The second kappa shape index (κ2) is 11.8. The minimum atomic E-state index is -0.340. The molecule has 0 spiro atoms. The van der Waals surface area contributed by atoms with Crippen LogP contribution in [0.4, 0.5) is 0 Å². The molecule has 1 atom stereocenters. The maximum absolute atomic E-state index is 13.2. The predicted octanol–water partition coefficient (Wildman–Crippen LogP) is 5.31. The zero-order valence-electron chi connectivity index (χ0n) is 18.9. The smallest absolute Gasteiger partial charge is 0.223 e. The summed E-state index contributed by atoms with van der Waals surface area (Å²) in [6.07, 6.45) is 9.36. The molecule has 2 aliphatic rings. The highest BCUT2D eigenvalue weighted by Gasteiger charge is 2.40.